The Kier molecular flexibility index (Phi) is 4.84. The molecule has 0 unspecified atom stereocenters. The number of epoxide rings is 1. The van der Waals surface area contributed by atoms with Gasteiger partial charge in [-0.25, -0.2) is 9.59 Å². The van der Waals surface area contributed by atoms with Gasteiger partial charge < -0.3 is 19.3 Å². The van der Waals surface area contributed by atoms with Crippen LogP contribution in [0.3, 0.4) is 0 Å². The van der Waals surface area contributed by atoms with Crippen LogP contribution in [0.4, 0.5) is 0 Å². The second-order valence-electron chi connectivity index (χ2n) is 7.73. The van der Waals surface area contributed by atoms with Crippen molar-refractivity contribution in [3.05, 3.63) is 35.5 Å². The molecule has 0 aromatic heterocycles. The normalized spacial score (nSPS) is 44.1. The average molecular weight is 362 g/mol. The summed E-state index contributed by atoms with van der Waals surface area (Å²) in [5.74, 6) is -1.39. The Morgan fingerprint density at radius 2 is 1.92 bits per heavy atom. The van der Waals surface area contributed by atoms with Gasteiger partial charge in [0.15, 0.2) is 5.60 Å². The number of hydrogen-bond acceptors (Lipinski definition) is 6. The maximum atomic E-state index is 12.6. The maximum absolute atomic E-state index is 12.6. The van der Waals surface area contributed by atoms with Crippen LogP contribution in [-0.4, -0.2) is 47.1 Å². The number of carbonyl (C=O) groups is 2. The second-order valence-corrected chi connectivity index (χ2v) is 7.73. The van der Waals surface area contributed by atoms with E-state index in [9.17, 15) is 14.7 Å². The summed E-state index contributed by atoms with van der Waals surface area (Å²) >= 11 is 0. The summed E-state index contributed by atoms with van der Waals surface area (Å²) in [6, 6.07) is 0. The van der Waals surface area contributed by atoms with Gasteiger partial charge in [-0.15, -0.1) is 0 Å². The number of aliphatic hydroxyl groups is 1. The van der Waals surface area contributed by atoms with Gasteiger partial charge in [-0.05, 0) is 40.2 Å². The summed E-state index contributed by atoms with van der Waals surface area (Å²) in [7, 11) is 0. The van der Waals surface area contributed by atoms with Crippen molar-refractivity contribution < 1.29 is 28.9 Å². The summed E-state index contributed by atoms with van der Waals surface area (Å²) in [6.45, 7) is 11.1. The molecule has 2 aliphatic heterocycles. The van der Waals surface area contributed by atoms with E-state index in [1.165, 1.54) is 0 Å². The van der Waals surface area contributed by atoms with E-state index in [2.05, 4.69) is 6.58 Å². The minimum absolute atomic E-state index is 0.199. The number of rotatable bonds is 2. The van der Waals surface area contributed by atoms with Gasteiger partial charge in [-0.2, -0.15) is 0 Å². The number of hydrogen-bond donors (Lipinski definition) is 1. The molecule has 6 nitrogen and oxygen atoms in total. The molecule has 2 heterocycles. The standard InChI is InChI=1S/C20H26O6/c1-10-6-14(21)7-11(2)9-16(25-19(23)20(5)13(4)26-20)17-12(3)18(22)24-15(17)8-10/h7-8,13-17,21H,3,6,9H2,1-2,4-5H3/b10-8+,11-7+/t13-,14+,15-,16+,17-,20-/m0/s1. The second kappa shape index (κ2) is 6.67. The number of carbonyl (C=O) groups excluding carboxylic acids is 2. The average Bonchev–Trinajstić information content (AvgIpc) is 3.04. The van der Waals surface area contributed by atoms with Crippen molar-refractivity contribution in [3.63, 3.8) is 0 Å². The van der Waals surface area contributed by atoms with Crippen LogP contribution in [-0.2, 0) is 23.8 Å². The van der Waals surface area contributed by atoms with Crippen LogP contribution < -0.4 is 0 Å². The Morgan fingerprint density at radius 1 is 1.31 bits per heavy atom. The smallest absolute Gasteiger partial charge is 0.341 e. The molecule has 0 amide bonds. The van der Waals surface area contributed by atoms with Crippen molar-refractivity contribution in [2.24, 2.45) is 5.92 Å². The fourth-order valence-electron chi connectivity index (χ4n) is 3.68. The van der Waals surface area contributed by atoms with Gasteiger partial charge in [0.05, 0.1) is 18.1 Å². The molecule has 0 radical (unpaired) electrons. The summed E-state index contributed by atoms with van der Waals surface area (Å²) < 4.78 is 16.6. The highest BCUT2D eigenvalue weighted by molar-refractivity contribution is 5.91. The SMILES string of the molecule is C=C1C(=O)O[C@H]2/C=C(\C)C[C@@H](O)/C=C(\C)C[C@@H](OC(=O)[C@@]3(C)O[C@H]3C)[C@@H]12. The van der Waals surface area contributed by atoms with Gasteiger partial charge in [0.25, 0.3) is 0 Å². The number of fused-ring (bicyclic) bond motifs is 1. The molecule has 0 bridgehead atoms. The molecule has 0 spiro atoms. The lowest BCUT2D eigenvalue weighted by Crippen LogP contribution is -2.37. The Hall–Kier alpha value is -1.92. The van der Waals surface area contributed by atoms with E-state index in [1.54, 1.807) is 13.0 Å². The Bertz CT molecular complexity index is 705. The maximum Gasteiger partial charge on any atom is 0.341 e. The van der Waals surface area contributed by atoms with Crippen LogP contribution in [0.2, 0.25) is 0 Å². The Balaban J connectivity index is 1.93. The molecule has 142 valence electrons. The summed E-state index contributed by atoms with van der Waals surface area (Å²) in [5, 5.41) is 10.2. The van der Waals surface area contributed by atoms with Crippen LogP contribution in [0.5, 0.6) is 0 Å². The molecule has 2 saturated heterocycles. The molecule has 1 N–H and O–H groups in total. The predicted molar refractivity (Wildman–Crippen MR) is 94.1 cm³/mol. The zero-order valence-electron chi connectivity index (χ0n) is 15.7. The molecule has 2 fully saturated rings. The van der Waals surface area contributed by atoms with Crippen LogP contribution in [0.25, 0.3) is 0 Å². The van der Waals surface area contributed by atoms with Gasteiger partial charge in [-0.1, -0.05) is 23.8 Å². The minimum Gasteiger partial charge on any atom is -0.459 e. The Morgan fingerprint density at radius 3 is 2.54 bits per heavy atom. The fourth-order valence-corrected chi connectivity index (χ4v) is 3.68. The van der Waals surface area contributed by atoms with Crippen molar-refractivity contribution in [2.45, 2.75) is 70.6 Å². The highest BCUT2D eigenvalue weighted by atomic mass is 16.7. The van der Waals surface area contributed by atoms with Crippen molar-refractivity contribution >= 4 is 11.9 Å². The lowest BCUT2D eigenvalue weighted by molar-refractivity contribution is -0.157. The number of aliphatic hydroxyl groups excluding tert-OH is 1. The highest BCUT2D eigenvalue weighted by Crippen LogP contribution is 2.40. The predicted octanol–water partition coefficient (Wildman–Crippen LogP) is 2.22. The first kappa shape index (κ1) is 18.9. The van der Waals surface area contributed by atoms with Crippen LogP contribution in [0.1, 0.15) is 40.5 Å². The van der Waals surface area contributed by atoms with E-state index >= 15 is 0 Å². The molecule has 3 aliphatic rings. The Labute approximate surface area is 153 Å². The zero-order valence-corrected chi connectivity index (χ0v) is 15.7. The minimum atomic E-state index is -0.946. The van der Waals surface area contributed by atoms with Gasteiger partial charge in [0.2, 0.25) is 0 Å². The van der Waals surface area contributed by atoms with Gasteiger partial charge in [0.1, 0.15) is 12.2 Å². The molecule has 0 aromatic rings. The first-order chi connectivity index (χ1) is 12.1. The van der Waals surface area contributed by atoms with Crippen molar-refractivity contribution in [1.29, 1.82) is 0 Å². The molecule has 26 heavy (non-hydrogen) atoms. The van der Waals surface area contributed by atoms with Gasteiger partial charge in [-0.3, -0.25) is 0 Å². The first-order valence-electron chi connectivity index (χ1n) is 8.93. The van der Waals surface area contributed by atoms with E-state index in [4.69, 9.17) is 14.2 Å². The van der Waals surface area contributed by atoms with Crippen LogP contribution in [0, 0.1) is 5.92 Å². The molecule has 6 heteroatoms. The fraction of sp³-hybridized carbons (Fsp3) is 0.600. The molecule has 3 rings (SSSR count). The zero-order chi connectivity index (χ0) is 19.2. The van der Waals surface area contributed by atoms with Gasteiger partial charge in [0, 0.05) is 12.0 Å². The largest absolute Gasteiger partial charge is 0.459 e. The number of esters is 2. The molecule has 1 aliphatic carbocycles. The van der Waals surface area contributed by atoms with E-state index in [0.717, 1.165) is 11.1 Å². The summed E-state index contributed by atoms with van der Waals surface area (Å²) in [6.07, 6.45) is 2.41. The molecular formula is C20H26O6. The lowest BCUT2D eigenvalue weighted by atomic mass is 9.85. The third kappa shape index (κ3) is 3.48. The van der Waals surface area contributed by atoms with Gasteiger partial charge >= 0.3 is 11.9 Å². The highest BCUT2D eigenvalue weighted by Gasteiger charge is 2.58. The van der Waals surface area contributed by atoms with E-state index in [0.29, 0.717) is 18.4 Å². The van der Waals surface area contributed by atoms with Crippen LogP contribution in [0.15, 0.2) is 35.5 Å². The quantitative estimate of drug-likeness (QED) is 0.351. The summed E-state index contributed by atoms with van der Waals surface area (Å²) in [5.41, 5.74) is 1.14. The monoisotopic (exact) mass is 362 g/mol. The third-order valence-electron chi connectivity index (χ3n) is 5.45. The lowest BCUT2D eigenvalue weighted by Gasteiger charge is -2.28. The molecule has 0 aromatic carbocycles. The van der Waals surface area contributed by atoms with Crippen molar-refractivity contribution in [3.8, 4) is 0 Å². The summed E-state index contributed by atoms with van der Waals surface area (Å²) in [4.78, 5) is 24.7. The van der Waals surface area contributed by atoms with Crippen molar-refractivity contribution in [1.82, 2.24) is 0 Å². The molecular weight excluding hydrogens is 336 g/mol. The first-order valence-corrected chi connectivity index (χ1v) is 8.93. The third-order valence-corrected chi connectivity index (χ3v) is 5.45. The van der Waals surface area contributed by atoms with Crippen LogP contribution >= 0.6 is 0 Å². The number of ether oxygens (including phenoxy) is 3. The molecule has 0 saturated carbocycles. The van der Waals surface area contributed by atoms with E-state index in [-0.39, 0.29) is 6.10 Å². The van der Waals surface area contributed by atoms with Crippen molar-refractivity contribution in [2.75, 3.05) is 0 Å². The molecule has 6 atom stereocenters. The van der Waals surface area contributed by atoms with E-state index < -0.39 is 41.8 Å². The topological polar surface area (TPSA) is 85.4 Å². The van der Waals surface area contributed by atoms with E-state index in [1.807, 2.05) is 26.8 Å².